The molecule has 1 fully saturated rings. The van der Waals surface area contributed by atoms with Crippen molar-refractivity contribution in [1.29, 1.82) is 0 Å². The summed E-state index contributed by atoms with van der Waals surface area (Å²) in [4.78, 5) is 0. The molecule has 0 spiro atoms. The van der Waals surface area contributed by atoms with Crippen LogP contribution >= 0.6 is 0 Å². The van der Waals surface area contributed by atoms with Crippen molar-refractivity contribution in [2.75, 3.05) is 0 Å². The average molecular weight is 292 g/mol. The van der Waals surface area contributed by atoms with Crippen molar-refractivity contribution in [2.24, 2.45) is 0 Å². The zero-order valence-electron chi connectivity index (χ0n) is 13.9. The summed E-state index contributed by atoms with van der Waals surface area (Å²) in [6.45, 7) is 2.21. The number of rotatable bonds is 5. The lowest BCUT2D eigenvalue weighted by atomic mass is 9.84. The molecule has 1 saturated carbocycles. The van der Waals surface area contributed by atoms with Crippen molar-refractivity contribution >= 4 is 0 Å². The van der Waals surface area contributed by atoms with Gasteiger partial charge < -0.3 is 0 Å². The number of aryl methyl sites for hydroxylation is 3. The number of hydrogen-bond donors (Lipinski definition) is 0. The standard InChI is InChI=1S/C22H28/c1-2-18-8-10-19(11-9-18)12-13-20-14-16-22(17-15-20)21-6-4-3-5-7-21/h8-11,14-17,21H,2-7,12-13H2,1H3. The maximum atomic E-state index is 2.38. The van der Waals surface area contributed by atoms with Crippen LogP contribution in [-0.4, -0.2) is 0 Å². The smallest absolute Gasteiger partial charge is 0.0162 e. The second kappa shape index (κ2) is 7.63. The normalized spacial score (nSPS) is 15.9. The van der Waals surface area contributed by atoms with E-state index < -0.39 is 0 Å². The van der Waals surface area contributed by atoms with E-state index in [1.165, 1.54) is 48.8 Å². The van der Waals surface area contributed by atoms with Gasteiger partial charge in [-0.25, -0.2) is 0 Å². The Bertz CT molecular complexity index is 556. The Balaban J connectivity index is 1.56. The molecule has 2 aromatic rings. The lowest BCUT2D eigenvalue weighted by Gasteiger charge is -2.22. The minimum atomic E-state index is 0.824. The van der Waals surface area contributed by atoms with Gasteiger partial charge in [-0.2, -0.15) is 0 Å². The number of benzene rings is 2. The van der Waals surface area contributed by atoms with Gasteiger partial charge in [0.1, 0.15) is 0 Å². The zero-order valence-corrected chi connectivity index (χ0v) is 13.9. The second-order valence-electron chi connectivity index (χ2n) is 6.75. The molecule has 0 heteroatoms. The van der Waals surface area contributed by atoms with E-state index in [0.717, 1.165) is 25.2 Å². The maximum Gasteiger partial charge on any atom is -0.0162 e. The van der Waals surface area contributed by atoms with Gasteiger partial charge in [-0.15, -0.1) is 0 Å². The van der Waals surface area contributed by atoms with Crippen LogP contribution < -0.4 is 0 Å². The highest BCUT2D eigenvalue weighted by atomic mass is 14.2. The predicted octanol–water partition coefficient (Wildman–Crippen LogP) is 6.08. The molecular formula is C22H28. The van der Waals surface area contributed by atoms with E-state index in [-0.39, 0.29) is 0 Å². The van der Waals surface area contributed by atoms with Crippen LogP contribution in [0.5, 0.6) is 0 Å². The fourth-order valence-electron chi connectivity index (χ4n) is 3.62. The van der Waals surface area contributed by atoms with Crippen molar-refractivity contribution in [3.05, 3.63) is 70.8 Å². The second-order valence-corrected chi connectivity index (χ2v) is 6.75. The topological polar surface area (TPSA) is 0 Å². The summed E-state index contributed by atoms with van der Waals surface area (Å²) >= 11 is 0. The Morgan fingerprint density at radius 1 is 0.682 bits per heavy atom. The molecule has 0 heterocycles. The van der Waals surface area contributed by atoms with Gasteiger partial charge in [0.15, 0.2) is 0 Å². The monoisotopic (exact) mass is 292 g/mol. The third kappa shape index (κ3) is 4.00. The molecule has 0 N–H and O–H groups in total. The summed E-state index contributed by atoms with van der Waals surface area (Å²) in [5.74, 6) is 0.824. The van der Waals surface area contributed by atoms with Gasteiger partial charge in [-0.3, -0.25) is 0 Å². The minimum absolute atomic E-state index is 0.824. The molecule has 0 radical (unpaired) electrons. The Labute approximate surface area is 135 Å². The van der Waals surface area contributed by atoms with E-state index in [1.54, 1.807) is 5.56 Å². The van der Waals surface area contributed by atoms with Crippen molar-refractivity contribution in [1.82, 2.24) is 0 Å². The minimum Gasteiger partial charge on any atom is -0.0613 e. The van der Waals surface area contributed by atoms with E-state index in [1.807, 2.05) is 0 Å². The van der Waals surface area contributed by atoms with Crippen LogP contribution in [0.4, 0.5) is 0 Å². The summed E-state index contributed by atoms with van der Waals surface area (Å²) < 4.78 is 0. The van der Waals surface area contributed by atoms with Gasteiger partial charge in [0.05, 0.1) is 0 Å². The highest BCUT2D eigenvalue weighted by molar-refractivity contribution is 5.28. The van der Waals surface area contributed by atoms with E-state index in [4.69, 9.17) is 0 Å². The molecule has 0 atom stereocenters. The molecule has 22 heavy (non-hydrogen) atoms. The number of hydrogen-bond acceptors (Lipinski definition) is 0. The van der Waals surface area contributed by atoms with Gasteiger partial charge in [-0.05, 0) is 60.3 Å². The van der Waals surface area contributed by atoms with Crippen molar-refractivity contribution < 1.29 is 0 Å². The molecule has 0 nitrogen and oxygen atoms in total. The van der Waals surface area contributed by atoms with Gasteiger partial charge in [-0.1, -0.05) is 74.7 Å². The molecular weight excluding hydrogens is 264 g/mol. The van der Waals surface area contributed by atoms with Crippen LogP contribution in [0.15, 0.2) is 48.5 Å². The van der Waals surface area contributed by atoms with E-state index >= 15 is 0 Å². The van der Waals surface area contributed by atoms with Gasteiger partial charge in [0, 0.05) is 0 Å². The van der Waals surface area contributed by atoms with Gasteiger partial charge in [0.2, 0.25) is 0 Å². The molecule has 2 aromatic carbocycles. The van der Waals surface area contributed by atoms with Crippen LogP contribution in [0.25, 0.3) is 0 Å². The predicted molar refractivity (Wildman–Crippen MR) is 95.5 cm³/mol. The molecule has 0 aromatic heterocycles. The van der Waals surface area contributed by atoms with E-state index in [2.05, 4.69) is 55.5 Å². The third-order valence-corrected chi connectivity index (χ3v) is 5.19. The SMILES string of the molecule is CCc1ccc(CCc2ccc(C3CCCCC3)cc2)cc1. The molecule has 0 aliphatic heterocycles. The van der Waals surface area contributed by atoms with Crippen LogP contribution in [0.3, 0.4) is 0 Å². The average Bonchev–Trinajstić information content (AvgIpc) is 2.61. The molecule has 0 amide bonds. The van der Waals surface area contributed by atoms with Crippen molar-refractivity contribution in [3.63, 3.8) is 0 Å². The summed E-state index contributed by atoms with van der Waals surface area (Å²) in [7, 11) is 0. The fourth-order valence-corrected chi connectivity index (χ4v) is 3.62. The first-order valence-corrected chi connectivity index (χ1v) is 9.02. The third-order valence-electron chi connectivity index (χ3n) is 5.19. The van der Waals surface area contributed by atoms with Gasteiger partial charge >= 0.3 is 0 Å². The van der Waals surface area contributed by atoms with Crippen molar-refractivity contribution in [3.8, 4) is 0 Å². The molecule has 1 aliphatic carbocycles. The Morgan fingerprint density at radius 3 is 1.73 bits per heavy atom. The largest absolute Gasteiger partial charge is 0.0613 e. The molecule has 116 valence electrons. The molecule has 0 bridgehead atoms. The van der Waals surface area contributed by atoms with Crippen LogP contribution in [0.1, 0.15) is 67.2 Å². The summed E-state index contributed by atoms with van der Waals surface area (Å²) in [5, 5.41) is 0. The fraction of sp³-hybridized carbons (Fsp3) is 0.455. The first-order valence-electron chi connectivity index (χ1n) is 9.02. The van der Waals surface area contributed by atoms with Crippen molar-refractivity contribution in [2.45, 2.75) is 64.2 Å². The lowest BCUT2D eigenvalue weighted by Crippen LogP contribution is -2.04. The highest BCUT2D eigenvalue weighted by Gasteiger charge is 2.14. The maximum absolute atomic E-state index is 2.38. The Kier molecular flexibility index (Phi) is 5.32. The van der Waals surface area contributed by atoms with Crippen LogP contribution in [-0.2, 0) is 19.3 Å². The van der Waals surface area contributed by atoms with E-state index in [0.29, 0.717) is 0 Å². The van der Waals surface area contributed by atoms with Crippen LogP contribution in [0, 0.1) is 0 Å². The van der Waals surface area contributed by atoms with E-state index in [9.17, 15) is 0 Å². The summed E-state index contributed by atoms with van der Waals surface area (Å²) in [5.41, 5.74) is 5.92. The molecule has 0 unspecified atom stereocenters. The molecule has 1 aliphatic rings. The first kappa shape index (κ1) is 15.3. The Hall–Kier alpha value is -1.56. The zero-order chi connectivity index (χ0) is 15.2. The summed E-state index contributed by atoms with van der Waals surface area (Å²) in [6, 6.07) is 18.6. The summed E-state index contributed by atoms with van der Waals surface area (Å²) in [6.07, 6.45) is 10.5. The molecule has 3 rings (SSSR count). The van der Waals surface area contributed by atoms with Crippen LogP contribution in [0.2, 0.25) is 0 Å². The first-order chi connectivity index (χ1) is 10.8. The Morgan fingerprint density at radius 2 is 1.18 bits per heavy atom. The van der Waals surface area contributed by atoms with Gasteiger partial charge in [0.25, 0.3) is 0 Å². The lowest BCUT2D eigenvalue weighted by molar-refractivity contribution is 0.443. The highest BCUT2D eigenvalue weighted by Crippen LogP contribution is 2.32. The molecule has 0 saturated heterocycles. The quantitative estimate of drug-likeness (QED) is 0.626.